The molecule has 2 aromatic carbocycles. The van der Waals surface area contributed by atoms with Gasteiger partial charge in [-0.2, -0.15) is 0 Å². The first-order valence-electron chi connectivity index (χ1n) is 8.53. The number of carbonyl (C=O) groups excluding carboxylic acids is 1. The monoisotopic (exact) mass is 327 g/mol. The molecule has 0 aliphatic carbocycles. The number of hydrogen-bond donors (Lipinski definition) is 1. The van der Waals surface area contributed by atoms with Crippen LogP contribution in [0, 0.1) is 5.41 Å². The number of esters is 1. The molecule has 3 nitrogen and oxygen atoms in total. The van der Waals surface area contributed by atoms with E-state index >= 15 is 0 Å². The van der Waals surface area contributed by atoms with Gasteiger partial charge < -0.3 is 10.5 Å². The molecule has 2 aromatic rings. The number of rotatable bonds is 5. The minimum absolute atomic E-state index is 0.254. The van der Waals surface area contributed by atoms with Gasteiger partial charge in [-0.1, -0.05) is 43.3 Å². The number of nitrogens with two attached hydrogens (primary N) is 1. The SMILES string of the molecule is CCC(C)(C(=O)OC(C)(C)c1ccc2ccccc2c1)C(C)(C)N. The summed E-state index contributed by atoms with van der Waals surface area (Å²) in [4.78, 5) is 12.9. The highest BCUT2D eigenvalue weighted by Gasteiger charge is 2.46. The molecule has 2 N–H and O–H groups in total. The minimum atomic E-state index is -0.735. The molecule has 0 heterocycles. The highest BCUT2D eigenvalue weighted by molar-refractivity contribution is 5.83. The second kappa shape index (κ2) is 6.21. The van der Waals surface area contributed by atoms with Crippen LogP contribution in [0.5, 0.6) is 0 Å². The molecule has 0 spiro atoms. The smallest absolute Gasteiger partial charge is 0.314 e. The Bertz CT molecular complexity index is 743. The molecular weight excluding hydrogens is 298 g/mol. The Kier molecular flexibility index (Phi) is 4.78. The first-order chi connectivity index (χ1) is 11.0. The Morgan fingerprint density at radius 2 is 1.58 bits per heavy atom. The van der Waals surface area contributed by atoms with E-state index in [9.17, 15) is 4.79 Å². The van der Waals surface area contributed by atoms with Crippen LogP contribution in [0.25, 0.3) is 10.8 Å². The van der Waals surface area contributed by atoms with Crippen LogP contribution in [0.2, 0.25) is 0 Å². The standard InChI is InChI=1S/C21H29NO2/c1-7-21(6,20(4,5)22)18(23)24-19(2,3)17-13-12-15-10-8-9-11-16(15)14-17/h8-14H,7,22H2,1-6H3. The second-order valence-electron chi connectivity index (χ2n) is 7.87. The van der Waals surface area contributed by atoms with Gasteiger partial charge in [0.15, 0.2) is 0 Å². The van der Waals surface area contributed by atoms with Crippen molar-refractivity contribution in [3.63, 3.8) is 0 Å². The molecule has 1 atom stereocenters. The van der Waals surface area contributed by atoms with E-state index in [-0.39, 0.29) is 5.97 Å². The van der Waals surface area contributed by atoms with Crippen LogP contribution in [0.15, 0.2) is 42.5 Å². The molecular formula is C21H29NO2. The Hall–Kier alpha value is -1.87. The highest BCUT2D eigenvalue weighted by Crippen LogP contribution is 2.37. The molecule has 0 radical (unpaired) electrons. The molecule has 24 heavy (non-hydrogen) atoms. The molecule has 0 aliphatic rings. The fraction of sp³-hybridized carbons (Fsp3) is 0.476. The molecule has 1 unspecified atom stereocenters. The van der Waals surface area contributed by atoms with Gasteiger partial charge in [-0.25, -0.2) is 0 Å². The maximum Gasteiger partial charge on any atom is 0.314 e. The summed E-state index contributed by atoms with van der Waals surface area (Å²) in [6.45, 7) is 11.5. The molecule has 0 bridgehead atoms. The van der Waals surface area contributed by atoms with Crippen molar-refractivity contribution in [3.05, 3.63) is 48.0 Å². The predicted molar refractivity (Wildman–Crippen MR) is 99.7 cm³/mol. The second-order valence-corrected chi connectivity index (χ2v) is 7.87. The molecule has 0 amide bonds. The number of fused-ring (bicyclic) bond motifs is 1. The minimum Gasteiger partial charge on any atom is -0.454 e. The fourth-order valence-corrected chi connectivity index (χ4v) is 2.83. The molecule has 130 valence electrons. The molecule has 2 rings (SSSR count). The zero-order chi connectivity index (χ0) is 18.2. The fourth-order valence-electron chi connectivity index (χ4n) is 2.83. The van der Waals surface area contributed by atoms with E-state index in [1.807, 2.05) is 59.7 Å². The summed E-state index contributed by atoms with van der Waals surface area (Å²) in [5.41, 5.74) is 5.12. The van der Waals surface area contributed by atoms with Crippen LogP contribution in [-0.4, -0.2) is 11.5 Å². The van der Waals surface area contributed by atoms with Gasteiger partial charge >= 0.3 is 5.97 Å². The van der Waals surface area contributed by atoms with E-state index in [1.165, 1.54) is 5.39 Å². The first-order valence-corrected chi connectivity index (χ1v) is 8.53. The lowest BCUT2D eigenvalue weighted by molar-refractivity contribution is -0.173. The molecule has 0 saturated heterocycles. The predicted octanol–water partition coefficient (Wildman–Crippen LogP) is 4.77. The van der Waals surface area contributed by atoms with Crippen molar-refractivity contribution in [1.82, 2.24) is 0 Å². The van der Waals surface area contributed by atoms with Gasteiger partial charge in [0, 0.05) is 5.54 Å². The lowest BCUT2D eigenvalue weighted by Crippen LogP contribution is -2.55. The summed E-state index contributed by atoms with van der Waals surface area (Å²) in [5, 5.41) is 2.31. The van der Waals surface area contributed by atoms with Crippen LogP contribution < -0.4 is 5.73 Å². The largest absolute Gasteiger partial charge is 0.454 e. The van der Waals surface area contributed by atoms with Gasteiger partial charge in [-0.3, -0.25) is 4.79 Å². The van der Waals surface area contributed by atoms with Crippen molar-refractivity contribution in [1.29, 1.82) is 0 Å². The van der Waals surface area contributed by atoms with Crippen LogP contribution in [0.1, 0.15) is 53.5 Å². The normalized spacial score (nSPS) is 15.1. The number of benzene rings is 2. The van der Waals surface area contributed by atoms with E-state index in [0.717, 1.165) is 10.9 Å². The van der Waals surface area contributed by atoms with Gasteiger partial charge in [0.2, 0.25) is 0 Å². The maximum atomic E-state index is 12.9. The Morgan fingerprint density at radius 3 is 2.12 bits per heavy atom. The Balaban J connectivity index is 2.33. The molecule has 3 heteroatoms. The van der Waals surface area contributed by atoms with E-state index in [0.29, 0.717) is 6.42 Å². The lowest BCUT2D eigenvalue weighted by Gasteiger charge is -2.41. The van der Waals surface area contributed by atoms with E-state index in [2.05, 4.69) is 24.3 Å². The van der Waals surface area contributed by atoms with Crippen LogP contribution in [-0.2, 0) is 15.1 Å². The number of hydrogen-bond acceptors (Lipinski definition) is 3. The van der Waals surface area contributed by atoms with Gasteiger partial charge in [0.1, 0.15) is 5.60 Å². The Labute approximate surface area is 145 Å². The van der Waals surface area contributed by atoms with Crippen molar-refractivity contribution < 1.29 is 9.53 Å². The number of ether oxygens (including phenoxy) is 1. The summed E-state index contributed by atoms with van der Waals surface area (Å²) >= 11 is 0. The van der Waals surface area contributed by atoms with Gasteiger partial charge in [0.05, 0.1) is 5.41 Å². The van der Waals surface area contributed by atoms with E-state index < -0.39 is 16.6 Å². The third-order valence-electron chi connectivity index (χ3n) is 5.37. The van der Waals surface area contributed by atoms with Gasteiger partial charge in [-0.15, -0.1) is 0 Å². The molecule has 0 aliphatic heterocycles. The Morgan fingerprint density at radius 1 is 1.00 bits per heavy atom. The summed E-state index contributed by atoms with van der Waals surface area (Å²) < 4.78 is 5.94. The van der Waals surface area contributed by atoms with Crippen LogP contribution >= 0.6 is 0 Å². The third-order valence-corrected chi connectivity index (χ3v) is 5.37. The maximum absolute atomic E-state index is 12.9. The highest BCUT2D eigenvalue weighted by atomic mass is 16.6. The zero-order valence-electron chi connectivity index (χ0n) is 15.6. The summed E-state index contributed by atoms with van der Waals surface area (Å²) in [6, 6.07) is 14.3. The van der Waals surface area contributed by atoms with Crippen molar-refractivity contribution in [2.45, 2.75) is 59.1 Å². The van der Waals surface area contributed by atoms with Crippen LogP contribution in [0.3, 0.4) is 0 Å². The summed E-state index contributed by atoms with van der Waals surface area (Å²) in [5.74, 6) is -0.254. The summed E-state index contributed by atoms with van der Waals surface area (Å²) in [6.07, 6.45) is 0.628. The van der Waals surface area contributed by atoms with Crippen molar-refractivity contribution in [2.75, 3.05) is 0 Å². The van der Waals surface area contributed by atoms with E-state index in [1.54, 1.807) is 0 Å². The molecule has 0 saturated carbocycles. The average Bonchev–Trinajstić information content (AvgIpc) is 2.51. The lowest BCUT2D eigenvalue weighted by atomic mass is 9.71. The third kappa shape index (κ3) is 3.32. The van der Waals surface area contributed by atoms with E-state index in [4.69, 9.17) is 10.5 Å². The summed E-state index contributed by atoms with van der Waals surface area (Å²) in [7, 11) is 0. The average molecular weight is 327 g/mol. The quantitative estimate of drug-likeness (QED) is 0.805. The van der Waals surface area contributed by atoms with Crippen molar-refractivity contribution >= 4 is 16.7 Å². The van der Waals surface area contributed by atoms with Gasteiger partial charge in [0.25, 0.3) is 0 Å². The first kappa shape index (κ1) is 18.5. The zero-order valence-corrected chi connectivity index (χ0v) is 15.6. The van der Waals surface area contributed by atoms with Gasteiger partial charge in [-0.05, 0) is 63.4 Å². The molecule has 0 fully saturated rings. The van der Waals surface area contributed by atoms with Crippen LogP contribution in [0.4, 0.5) is 0 Å². The van der Waals surface area contributed by atoms with Crippen molar-refractivity contribution in [2.24, 2.45) is 11.1 Å². The molecule has 0 aromatic heterocycles. The van der Waals surface area contributed by atoms with Crippen molar-refractivity contribution in [3.8, 4) is 0 Å². The topological polar surface area (TPSA) is 52.3 Å². The number of carbonyl (C=O) groups is 1.